The molecule has 8 rings (SSSR count). The van der Waals surface area contributed by atoms with E-state index in [1.807, 2.05) is 57.7 Å². The summed E-state index contributed by atoms with van der Waals surface area (Å²) in [6.45, 7) is 2.07. The van der Waals surface area contributed by atoms with Crippen LogP contribution in [-0.2, 0) is 21.8 Å². The van der Waals surface area contributed by atoms with Gasteiger partial charge < -0.3 is 19.2 Å². The summed E-state index contributed by atoms with van der Waals surface area (Å²) in [6, 6.07) is 15.4. The number of rotatable bonds is 0. The van der Waals surface area contributed by atoms with E-state index in [-0.39, 0.29) is 5.91 Å². The lowest BCUT2D eigenvalue weighted by Crippen LogP contribution is -2.35. The maximum absolute atomic E-state index is 13.6. The molecule has 5 aromatic rings. The Balaban J connectivity index is 1.81. The molecular weight excluding hydrogens is 390 g/mol. The number of amides is 1. The molecule has 1 amide bonds. The van der Waals surface area contributed by atoms with Gasteiger partial charge in [-0.3, -0.25) is 9.59 Å². The minimum Gasteiger partial charge on any atom is -0.348 e. The summed E-state index contributed by atoms with van der Waals surface area (Å²) >= 11 is 0. The molecular formula is C25H17N3O3. The first-order valence-electron chi connectivity index (χ1n) is 11.4. The van der Waals surface area contributed by atoms with E-state index < -0.39 is 24.1 Å². The summed E-state index contributed by atoms with van der Waals surface area (Å²) < 4.78 is 27.6. The molecule has 3 aliphatic rings. The molecule has 1 fully saturated rings. The quantitative estimate of drug-likeness (QED) is 0.414. The minimum atomic E-state index is -2.25. The predicted octanol–water partition coefficient (Wildman–Crippen LogP) is 4.32. The highest BCUT2D eigenvalue weighted by Crippen LogP contribution is 2.53. The van der Waals surface area contributed by atoms with Crippen molar-refractivity contribution in [3.8, 4) is 0 Å². The van der Waals surface area contributed by atoms with Crippen molar-refractivity contribution in [2.45, 2.75) is 31.8 Å². The highest BCUT2D eigenvalue weighted by atomic mass is 16.6. The largest absolute Gasteiger partial charge is 0.348 e. The van der Waals surface area contributed by atoms with Crippen LogP contribution in [0.3, 0.4) is 0 Å². The SMILES string of the molecule is [2H]C1([2H])C(=O)[C@]2(C)O[C@H]1n1c3ccccc3c3c4c(c5c6ccccc6n2c5c31)CNC4=O. The van der Waals surface area contributed by atoms with Gasteiger partial charge in [-0.25, -0.2) is 0 Å². The fourth-order valence-electron chi connectivity index (χ4n) is 5.98. The number of fused-ring (bicyclic) bond motifs is 13. The van der Waals surface area contributed by atoms with Crippen LogP contribution >= 0.6 is 0 Å². The first-order chi connectivity index (χ1) is 15.9. The second-order valence-corrected chi connectivity index (χ2v) is 8.65. The van der Waals surface area contributed by atoms with Crippen LogP contribution < -0.4 is 5.32 Å². The lowest BCUT2D eigenvalue weighted by atomic mass is 9.96. The monoisotopic (exact) mass is 409 g/mol. The number of aromatic nitrogens is 2. The Morgan fingerprint density at radius 1 is 1.03 bits per heavy atom. The van der Waals surface area contributed by atoms with Gasteiger partial charge in [0.25, 0.3) is 5.91 Å². The average Bonchev–Trinajstić information content (AvgIpc) is 3.47. The molecule has 6 nitrogen and oxygen atoms in total. The molecule has 1 saturated heterocycles. The number of benzene rings is 3. The number of hydrogen-bond acceptors (Lipinski definition) is 3. The van der Waals surface area contributed by atoms with Gasteiger partial charge in [0.05, 0.1) is 34.0 Å². The van der Waals surface area contributed by atoms with Crippen LogP contribution in [0.5, 0.6) is 0 Å². The summed E-state index contributed by atoms with van der Waals surface area (Å²) in [5.41, 5.74) is 3.10. The summed E-state index contributed by atoms with van der Waals surface area (Å²) in [7, 11) is 0. The van der Waals surface area contributed by atoms with E-state index in [4.69, 9.17) is 7.48 Å². The number of carbonyl (C=O) groups excluding carboxylic acids is 2. The molecule has 0 saturated carbocycles. The lowest BCUT2D eigenvalue weighted by Gasteiger charge is -2.25. The van der Waals surface area contributed by atoms with Gasteiger partial charge in [-0.15, -0.1) is 0 Å². The van der Waals surface area contributed by atoms with Gasteiger partial charge in [-0.05, 0) is 24.6 Å². The third kappa shape index (κ3) is 1.55. The van der Waals surface area contributed by atoms with Crippen LogP contribution in [0.2, 0.25) is 0 Å². The molecule has 0 radical (unpaired) electrons. The predicted molar refractivity (Wildman–Crippen MR) is 117 cm³/mol. The normalized spacial score (nSPS) is 26.7. The molecule has 2 bridgehead atoms. The van der Waals surface area contributed by atoms with E-state index in [0.717, 1.165) is 49.2 Å². The van der Waals surface area contributed by atoms with E-state index in [0.29, 0.717) is 12.1 Å². The number of para-hydroxylation sites is 2. The van der Waals surface area contributed by atoms with Crippen molar-refractivity contribution in [1.82, 2.24) is 14.5 Å². The Kier molecular flexibility index (Phi) is 2.23. The van der Waals surface area contributed by atoms with Gasteiger partial charge in [-0.2, -0.15) is 0 Å². The Bertz CT molecular complexity index is 1800. The summed E-state index contributed by atoms with van der Waals surface area (Å²) in [4.78, 5) is 26.8. The van der Waals surface area contributed by atoms with Crippen LogP contribution in [0.1, 0.15) is 38.2 Å². The van der Waals surface area contributed by atoms with Crippen molar-refractivity contribution in [3.05, 3.63) is 59.7 Å². The number of nitrogens with one attached hydrogen (secondary N) is 1. The summed E-state index contributed by atoms with van der Waals surface area (Å²) in [5, 5.41) is 6.47. The number of Topliss-reactive ketones (excluding diaryl/α,β-unsaturated/α-hetero) is 1. The van der Waals surface area contributed by atoms with Crippen LogP contribution in [0.15, 0.2) is 48.5 Å². The molecule has 0 spiro atoms. The van der Waals surface area contributed by atoms with Crippen LogP contribution in [0.25, 0.3) is 43.6 Å². The average molecular weight is 409 g/mol. The molecule has 0 aliphatic carbocycles. The molecule has 2 aromatic heterocycles. The smallest absolute Gasteiger partial charge is 0.252 e. The molecule has 31 heavy (non-hydrogen) atoms. The highest BCUT2D eigenvalue weighted by molar-refractivity contribution is 6.31. The third-order valence-corrected chi connectivity index (χ3v) is 7.19. The standard InChI is InChI=1S/C25H17N3O3/c1-25-17(29)10-18(31-25)27-15-8-4-2-6-12(15)20-21-14(11-26-24(21)30)19-13-7-3-5-9-16(13)28(25)23(19)22(20)27/h2-9,18H,10-11H2,1H3,(H,26,30)/t18-,25+/m1/s1/i10D2. The topological polar surface area (TPSA) is 65.3 Å². The maximum atomic E-state index is 13.6. The van der Waals surface area contributed by atoms with Gasteiger partial charge in [0.1, 0.15) is 6.23 Å². The second kappa shape index (κ2) is 4.81. The van der Waals surface area contributed by atoms with Crippen molar-refractivity contribution in [2.24, 2.45) is 0 Å². The second-order valence-electron chi connectivity index (χ2n) is 8.65. The molecule has 2 atom stereocenters. The molecule has 3 aliphatic heterocycles. The highest BCUT2D eigenvalue weighted by Gasteiger charge is 2.51. The van der Waals surface area contributed by atoms with Crippen molar-refractivity contribution in [2.75, 3.05) is 0 Å². The van der Waals surface area contributed by atoms with Gasteiger partial charge in [-0.1, -0.05) is 36.4 Å². The van der Waals surface area contributed by atoms with Crippen molar-refractivity contribution >= 4 is 55.3 Å². The van der Waals surface area contributed by atoms with Gasteiger partial charge in [0, 0.05) is 30.8 Å². The van der Waals surface area contributed by atoms with Crippen molar-refractivity contribution < 1.29 is 17.1 Å². The fourth-order valence-corrected chi connectivity index (χ4v) is 5.98. The van der Waals surface area contributed by atoms with Crippen molar-refractivity contribution in [3.63, 3.8) is 0 Å². The minimum absolute atomic E-state index is 0.132. The number of nitrogens with zero attached hydrogens (tertiary/aromatic N) is 2. The maximum Gasteiger partial charge on any atom is 0.252 e. The zero-order chi connectivity index (χ0) is 22.4. The number of hydrogen-bond donors (Lipinski definition) is 1. The Hall–Kier alpha value is -3.64. The Morgan fingerprint density at radius 2 is 1.74 bits per heavy atom. The summed E-state index contributed by atoms with van der Waals surface area (Å²) in [5.74, 6) is -0.735. The van der Waals surface area contributed by atoms with Crippen molar-refractivity contribution in [1.29, 1.82) is 0 Å². The molecule has 150 valence electrons. The lowest BCUT2D eigenvalue weighted by molar-refractivity contribution is -0.145. The van der Waals surface area contributed by atoms with Gasteiger partial charge in [0.2, 0.25) is 5.72 Å². The third-order valence-electron chi connectivity index (χ3n) is 7.19. The number of ether oxygens (including phenoxy) is 1. The van der Waals surface area contributed by atoms with Gasteiger partial charge >= 0.3 is 0 Å². The van der Waals surface area contributed by atoms with Crippen LogP contribution in [0, 0.1) is 0 Å². The van der Waals surface area contributed by atoms with E-state index in [1.54, 1.807) is 6.92 Å². The zero-order valence-corrected chi connectivity index (χ0v) is 16.5. The molecule has 5 heterocycles. The molecule has 0 unspecified atom stereocenters. The summed E-state index contributed by atoms with van der Waals surface area (Å²) in [6.07, 6.45) is -3.40. The Morgan fingerprint density at radius 3 is 2.55 bits per heavy atom. The first-order valence-corrected chi connectivity index (χ1v) is 10.4. The van der Waals surface area contributed by atoms with E-state index >= 15 is 0 Å². The molecule has 3 aromatic carbocycles. The van der Waals surface area contributed by atoms with Crippen LogP contribution in [0.4, 0.5) is 0 Å². The number of ketones is 1. The fraction of sp³-hybridized carbons (Fsp3) is 0.200. The first kappa shape index (κ1) is 14.4. The molecule has 1 N–H and O–H groups in total. The van der Waals surface area contributed by atoms with E-state index in [1.165, 1.54) is 0 Å². The molecule has 6 heteroatoms. The van der Waals surface area contributed by atoms with E-state index in [9.17, 15) is 9.59 Å². The zero-order valence-electron chi connectivity index (χ0n) is 18.5. The van der Waals surface area contributed by atoms with E-state index in [2.05, 4.69) is 5.32 Å². The van der Waals surface area contributed by atoms with Crippen LogP contribution in [-0.4, -0.2) is 20.8 Å². The Labute approximate surface area is 178 Å². The van der Waals surface area contributed by atoms with Gasteiger partial charge in [0.15, 0.2) is 5.78 Å². The number of carbonyl (C=O) groups is 2.